The Kier molecular flexibility index (Phi) is 11.6. The lowest BCUT2D eigenvalue weighted by Gasteiger charge is -2.36. The minimum atomic E-state index is -3.76. The van der Waals surface area contributed by atoms with Crippen LogP contribution in [-0.2, 0) is 9.84 Å². The molecule has 0 unspecified atom stereocenters. The number of anilines is 2. The van der Waals surface area contributed by atoms with Crippen molar-refractivity contribution in [3.05, 3.63) is 97.3 Å². The zero-order valence-corrected chi connectivity index (χ0v) is 28.3. The predicted octanol–water partition coefficient (Wildman–Crippen LogP) is 2.43. The summed E-state index contributed by atoms with van der Waals surface area (Å²) in [4.78, 5) is 18.0. The molecule has 260 valence electrons. The summed E-state index contributed by atoms with van der Waals surface area (Å²) in [5.74, 6) is 2.89. The van der Waals surface area contributed by atoms with E-state index in [-0.39, 0.29) is 23.0 Å². The van der Waals surface area contributed by atoms with Crippen molar-refractivity contribution in [1.82, 2.24) is 19.8 Å². The second kappa shape index (κ2) is 16.4. The fourth-order valence-corrected chi connectivity index (χ4v) is 7.31. The Labute approximate surface area is 288 Å². The molecule has 0 radical (unpaired) electrons. The number of piperazine rings is 2. The van der Waals surface area contributed by atoms with Gasteiger partial charge in [-0.1, -0.05) is 12.1 Å². The van der Waals surface area contributed by atoms with Crippen molar-refractivity contribution < 1.29 is 28.1 Å². The summed E-state index contributed by atoms with van der Waals surface area (Å²) < 4.78 is 38.1. The largest absolute Gasteiger partial charge is 0.491 e. The van der Waals surface area contributed by atoms with Crippen molar-refractivity contribution in [2.24, 2.45) is 0 Å². The van der Waals surface area contributed by atoms with E-state index < -0.39 is 22.0 Å². The molecule has 0 spiro atoms. The Bertz CT molecular complexity index is 1560. The Hall–Kier alpha value is -4.27. The molecule has 0 bridgehead atoms. The molecule has 2 fully saturated rings. The van der Waals surface area contributed by atoms with E-state index >= 15 is 0 Å². The Morgan fingerprint density at radius 1 is 0.571 bits per heavy atom. The van der Waals surface area contributed by atoms with Crippen LogP contribution in [0, 0.1) is 0 Å². The Morgan fingerprint density at radius 3 is 1.31 bits per heavy atom. The number of nitrogens with zero attached hydrogens (tertiary/aromatic N) is 6. The predicted molar refractivity (Wildman–Crippen MR) is 187 cm³/mol. The van der Waals surface area contributed by atoms with Gasteiger partial charge < -0.3 is 29.5 Å². The SMILES string of the molecule is O=S(=O)(c1ccc(OC[C@@H](O)CN2CCN(c3ccccn3)CC2)cc1)c1ccc(OC[C@H](O)CN2CCN(c3ccccn3)CC2)cc1. The van der Waals surface area contributed by atoms with E-state index in [9.17, 15) is 18.6 Å². The molecule has 12 nitrogen and oxygen atoms in total. The number of sulfone groups is 1. The summed E-state index contributed by atoms with van der Waals surface area (Å²) in [6.45, 7) is 7.83. The summed E-state index contributed by atoms with van der Waals surface area (Å²) >= 11 is 0. The van der Waals surface area contributed by atoms with Gasteiger partial charge in [0, 0.05) is 77.8 Å². The quantitative estimate of drug-likeness (QED) is 0.202. The zero-order chi connectivity index (χ0) is 34.1. The highest BCUT2D eigenvalue weighted by Crippen LogP contribution is 2.25. The van der Waals surface area contributed by atoms with Gasteiger partial charge in [-0.15, -0.1) is 0 Å². The normalized spacial score (nSPS) is 17.4. The highest BCUT2D eigenvalue weighted by Gasteiger charge is 2.23. The molecule has 6 rings (SSSR count). The number of ether oxygens (including phenoxy) is 2. The van der Waals surface area contributed by atoms with Crippen LogP contribution >= 0.6 is 0 Å². The molecule has 2 aromatic carbocycles. The van der Waals surface area contributed by atoms with Gasteiger partial charge in [-0.2, -0.15) is 0 Å². The number of aliphatic hydroxyl groups is 2. The first-order chi connectivity index (χ1) is 23.8. The molecule has 2 aromatic heterocycles. The lowest BCUT2D eigenvalue weighted by molar-refractivity contribution is 0.0661. The molecule has 0 saturated carbocycles. The van der Waals surface area contributed by atoms with Crippen LogP contribution in [0.2, 0.25) is 0 Å². The van der Waals surface area contributed by atoms with Crippen molar-refractivity contribution in [3.8, 4) is 11.5 Å². The van der Waals surface area contributed by atoms with Crippen LogP contribution in [0.15, 0.2) is 107 Å². The number of rotatable bonds is 14. The fraction of sp³-hybridized carbons (Fsp3) is 0.389. The molecule has 49 heavy (non-hydrogen) atoms. The summed E-state index contributed by atoms with van der Waals surface area (Å²) in [5, 5.41) is 21.1. The van der Waals surface area contributed by atoms with Crippen LogP contribution in [0.5, 0.6) is 11.5 Å². The van der Waals surface area contributed by atoms with E-state index in [0.29, 0.717) is 24.6 Å². The summed E-state index contributed by atoms with van der Waals surface area (Å²) in [5.41, 5.74) is 0. The minimum absolute atomic E-state index is 0.102. The van der Waals surface area contributed by atoms with E-state index in [4.69, 9.17) is 9.47 Å². The number of aromatic nitrogens is 2. The number of hydrogen-bond donors (Lipinski definition) is 2. The first-order valence-corrected chi connectivity index (χ1v) is 18.2. The molecule has 2 aliphatic heterocycles. The first-order valence-electron chi connectivity index (χ1n) is 16.7. The molecule has 2 aliphatic rings. The smallest absolute Gasteiger partial charge is 0.206 e. The number of pyridine rings is 2. The summed E-state index contributed by atoms with van der Waals surface area (Å²) in [6.07, 6.45) is 2.23. The number of hydrogen-bond acceptors (Lipinski definition) is 12. The van der Waals surface area contributed by atoms with Crippen LogP contribution in [-0.4, -0.2) is 129 Å². The molecule has 0 amide bonds. The van der Waals surface area contributed by atoms with Gasteiger partial charge in [0.25, 0.3) is 0 Å². The monoisotopic (exact) mass is 688 g/mol. The molecular formula is C36H44N6O6S. The maximum absolute atomic E-state index is 13.3. The van der Waals surface area contributed by atoms with Crippen molar-refractivity contribution >= 4 is 21.5 Å². The lowest BCUT2D eigenvalue weighted by atomic mass is 10.2. The third kappa shape index (κ3) is 9.46. The lowest BCUT2D eigenvalue weighted by Crippen LogP contribution is -2.49. The average molecular weight is 689 g/mol. The van der Waals surface area contributed by atoms with Crippen LogP contribution in [0.1, 0.15) is 0 Å². The summed E-state index contributed by atoms with van der Waals surface area (Å²) in [7, 11) is -3.76. The van der Waals surface area contributed by atoms with Gasteiger partial charge in [0.1, 0.15) is 48.6 Å². The van der Waals surface area contributed by atoms with E-state index in [2.05, 4.69) is 29.6 Å². The van der Waals surface area contributed by atoms with E-state index in [1.807, 2.05) is 36.4 Å². The molecular weight excluding hydrogens is 644 g/mol. The van der Waals surface area contributed by atoms with Crippen molar-refractivity contribution in [3.63, 3.8) is 0 Å². The van der Waals surface area contributed by atoms with Gasteiger partial charge >= 0.3 is 0 Å². The third-order valence-corrected chi connectivity index (χ3v) is 10.6. The molecule has 0 aliphatic carbocycles. The molecule has 4 heterocycles. The van der Waals surface area contributed by atoms with E-state index in [0.717, 1.165) is 64.0 Å². The van der Waals surface area contributed by atoms with E-state index in [1.54, 1.807) is 36.7 Å². The average Bonchev–Trinajstić information content (AvgIpc) is 3.15. The second-order valence-electron chi connectivity index (χ2n) is 12.3. The van der Waals surface area contributed by atoms with Gasteiger partial charge in [0.2, 0.25) is 9.84 Å². The van der Waals surface area contributed by atoms with Gasteiger partial charge in [0.05, 0.1) is 9.79 Å². The Balaban J connectivity index is 0.908. The molecule has 2 saturated heterocycles. The van der Waals surface area contributed by atoms with E-state index in [1.165, 1.54) is 24.3 Å². The standard InChI is InChI=1S/C36H44N6O6S/c43-29(25-39-17-21-41(22-18-39)35-5-1-3-15-37-35)27-47-31-7-11-33(12-8-31)49(45,46)34-13-9-32(10-14-34)48-28-30(44)26-40-19-23-42(24-20-40)36-6-2-4-16-38-36/h1-16,29-30,43-44H,17-28H2/t29-,30+. The van der Waals surface area contributed by atoms with Crippen LogP contribution in [0.3, 0.4) is 0 Å². The molecule has 2 atom stereocenters. The van der Waals surface area contributed by atoms with Crippen LogP contribution in [0.25, 0.3) is 0 Å². The van der Waals surface area contributed by atoms with Crippen LogP contribution in [0.4, 0.5) is 11.6 Å². The maximum Gasteiger partial charge on any atom is 0.206 e. The van der Waals surface area contributed by atoms with Crippen molar-refractivity contribution in [2.75, 3.05) is 88.5 Å². The minimum Gasteiger partial charge on any atom is -0.491 e. The molecule has 4 aromatic rings. The maximum atomic E-state index is 13.3. The molecule has 2 N–H and O–H groups in total. The van der Waals surface area contributed by atoms with Crippen molar-refractivity contribution in [1.29, 1.82) is 0 Å². The van der Waals surface area contributed by atoms with Gasteiger partial charge in [-0.25, -0.2) is 18.4 Å². The van der Waals surface area contributed by atoms with Gasteiger partial charge in [0.15, 0.2) is 0 Å². The zero-order valence-electron chi connectivity index (χ0n) is 27.5. The van der Waals surface area contributed by atoms with Gasteiger partial charge in [-0.3, -0.25) is 9.80 Å². The number of benzene rings is 2. The fourth-order valence-electron chi connectivity index (χ4n) is 6.05. The molecule has 13 heteroatoms. The third-order valence-electron chi connectivity index (χ3n) is 8.78. The highest BCUT2D eigenvalue weighted by molar-refractivity contribution is 7.91. The van der Waals surface area contributed by atoms with Crippen LogP contribution < -0.4 is 19.3 Å². The number of aliphatic hydroxyl groups excluding tert-OH is 2. The topological polar surface area (TPSA) is 132 Å². The first kappa shape index (κ1) is 34.6. The summed E-state index contributed by atoms with van der Waals surface area (Å²) in [6, 6.07) is 24.2. The van der Waals surface area contributed by atoms with Gasteiger partial charge in [-0.05, 0) is 72.8 Å². The number of β-amino-alcohol motifs (C(OH)–C–C–N with tert-alkyl or cyclic N) is 2. The second-order valence-corrected chi connectivity index (χ2v) is 14.3. The van der Waals surface area contributed by atoms with Crippen molar-refractivity contribution in [2.45, 2.75) is 22.0 Å². The highest BCUT2D eigenvalue weighted by atomic mass is 32.2. The Morgan fingerprint density at radius 2 is 0.959 bits per heavy atom.